The lowest BCUT2D eigenvalue weighted by atomic mass is 10.2. The van der Waals surface area contributed by atoms with Crippen LogP contribution in [0.2, 0.25) is 0 Å². The third-order valence-corrected chi connectivity index (χ3v) is 5.47. The number of hydrogen-bond donors (Lipinski definition) is 2. The van der Waals surface area contributed by atoms with Crippen LogP contribution in [-0.2, 0) is 6.54 Å². The van der Waals surface area contributed by atoms with Crippen LogP contribution in [0.15, 0.2) is 27.9 Å². The Balaban J connectivity index is 1.55. The summed E-state index contributed by atoms with van der Waals surface area (Å²) in [7, 11) is 0. The Morgan fingerprint density at radius 2 is 2.04 bits per heavy atom. The van der Waals surface area contributed by atoms with Gasteiger partial charge in [0.15, 0.2) is 5.65 Å². The maximum Gasteiger partial charge on any atom is 0.333 e. The number of nitrogens with one attached hydrogen (secondary N) is 2. The van der Waals surface area contributed by atoms with Crippen LogP contribution in [0.3, 0.4) is 0 Å². The van der Waals surface area contributed by atoms with Crippen LogP contribution in [0.5, 0.6) is 0 Å². The number of rotatable bonds is 7. The second-order valence-corrected chi connectivity index (χ2v) is 7.88. The number of hydrogen-bond acceptors (Lipinski definition) is 5. The van der Waals surface area contributed by atoms with E-state index in [4.69, 9.17) is 0 Å². The lowest BCUT2D eigenvalue weighted by molar-refractivity contribution is 0.571. The van der Waals surface area contributed by atoms with Gasteiger partial charge in [-0.3, -0.25) is 13.9 Å². The molecule has 3 heterocycles. The number of aromatic amines is 1. The van der Waals surface area contributed by atoms with E-state index in [2.05, 4.69) is 20.3 Å². The Hall–Kier alpha value is -2.90. The van der Waals surface area contributed by atoms with Gasteiger partial charge in [0, 0.05) is 30.9 Å². The Bertz CT molecular complexity index is 1130. The van der Waals surface area contributed by atoms with Gasteiger partial charge >= 0.3 is 5.69 Å². The number of pyridine rings is 1. The van der Waals surface area contributed by atoms with E-state index in [1.54, 1.807) is 10.8 Å². The van der Waals surface area contributed by atoms with Crippen LogP contribution < -0.4 is 16.6 Å². The zero-order chi connectivity index (χ0) is 19.3. The Morgan fingerprint density at radius 3 is 2.68 bits per heavy atom. The van der Waals surface area contributed by atoms with Crippen molar-refractivity contribution in [3.8, 4) is 11.4 Å². The van der Waals surface area contributed by atoms with E-state index in [0.29, 0.717) is 23.5 Å². The fourth-order valence-electron chi connectivity index (χ4n) is 3.56. The summed E-state index contributed by atoms with van der Waals surface area (Å²) in [6, 6.07) is 3.88. The highest BCUT2D eigenvalue weighted by molar-refractivity contribution is 5.75. The third-order valence-electron chi connectivity index (χ3n) is 5.47. The minimum absolute atomic E-state index is 0.0257. The molecule has 0 aromatic carbocycles. The summed E-state index contributed by atoms with van der Waals surface area (Å²) >= 11 is 0. The van der Waals surface area contributed by atoms with Crippen molar-refractivity contribution in [3.63, 3.8) is 0 Å². The van der Waals surface area contributed by atoms with E-state index in [1.807, 2.05) is 19.1 Å². The summed E-state index contributed by atoms with van der Waals surface area (Å²) in [4.78, 5) is 37.9. The van der Waals surface area contributed by atoms with Crippen molar-refractivity contribution < 1.29 is 0 Å². The average molecular weight is 380 g/mol. The molecule has 0 unspecified atom stereocenters. The van der Waals surface area contributed by atoms with E-state index in [0.717, 1.165) is 43.1 Å². The summed E-state index contributed by atoms with van der Waals surface area (Å²) in [5.74, 6) is 2.18. The summed E-state index contributed by atoms with van der Waals surface area (Å²) in [6.07, 6.45) is 6.89. The van der Waals surface area contributed by atoms with Gasteiger partial charge in [-0.15, -0.1) is 0 Å². The molecule has 3 aromatic heterocycles. The largest absolute Gasteiger partial charge is 0.370 e. The molecule has 2 aliphatic rings. The van der Waals surface area contributed by atoms with Gasteiger partial charge in [0.05, 0.1) is 0 Å². The number of anilines is 1. The zero-order valence-electron chi connectivity index (χ0n) is 15.9. The molecule has 5 rings (SSSR count). The molecular formula is C20H24N6O2. The fraction of sp³-hybridized carbons (Fsp3) is 0.500. The van der Waals surface area contributed by atoms with Gasteiger partial charge in [0.25, 0.3) is 5.56 Å². The van der Waals surface area contributed by atoms with Crippen molar-refractivity contribution in [2.75, 3.05) is 11.9 Å². The summed E-state index contributed by atoms with van der Waals surface area (Å²) < 4.78 is 3.01. The van der Waals surface area contributed by atoms with Crippen LogP contribution in [0.4, 0.5) is 5.82 Å². The number of H-pyrrole nitrogens is 1. The number of fused-ring (bicyclic) bond motifs is 1. The molecular weight excluding hydrogens is 356 g/mol. The molecule has 2 saturated carbocycles. The van der Waals surface area contributed by atoms with Crippen molar-refractivity contribution in [2.45, 2.75) is 51.6 Å². The van der Waals surface area contributed by atoms with Crippen molar-refractivity contribution >= 4 is 17.0 Å². The van der Waals surface area contributed by atoms with Gasteiger partial charge in [0.1, 0.15) is 17.2 Å². The molecule has 28 heavy (non-hydrogen) atoms. The van der Waals surface area contributed by atoms with E-state index >= 15 is 0 Å². The lowest BCUT2D eigenvalue weighted by Crippen LogP contribution is -2.39. The summed E-state index contributed by atoms with van der Waals surface area (Å²) in [6.45, 7) is 3.51. The fourth-order valence-corrected chi connectivity index (χ4v) is 3.56. The molecule has 0 radical (unpaired) electrons. The standard InChI is InChI=1S/C20H24N6O2/c1-2-9-25-18-16(19(27)26(20(25)28)14-6-7-14)23-17(24-18)13-5-8-15(22-11-13)21-10-12-3-4-12/h5,8,11-12,14H,2-4,6-7,9-10H2,1H3,(H,21,22)(H,23,24). The van der Waals surface area contributed by atoms with Gasteiger partial charge in [0.2, 0.25) is 0 Å². The predicted octanol–water partition coefficient (Wildman–Crippen LogP) is 2.52. The number of aromatic nitrogens is 5. The average Bonchev–Trinajstić information content (AvgIpc) is 3.63. The number of nitrogens with zero attached hydrogens (tertiary/aromatic N) is 4. The molecule has 2 N–H and O–H groups in total. The van der Waals surface area contributed by atoms with Crippen LogP contribution in [0, 0.1) is 5.92 Å². The molecule has 146 valence electrons. The maximum absolute atomic E-state index is 12.9. The first-order valence-electron chi connectivity index (χ1n) is 10.1. The number of aryl methyl sites for hydroxylation is 1. The van der Waals surface area contributed by atoms with Gasteiger partial charge in [-0.2, -0.15) is 0 Å². The summed E-state index contributed by atoms with van der Waals surface area (Å²) in [5, 5.41) is 3.34. The minimum atomic E-state index is -0.274. The normalized spacial score (nSPS) is 16.6. The first kappa shape index (κ1) is 17.2. The molecule has 0 spiro atoms. The van der Waals surface area contributed by atoms with Gasteiger partial charge < -0.3 is 10.3 Å². The van der Waals surface area contributed by atoms with Crippen molar-refractivity contribution in [3.05, 3.63) is 39.2 Å². The second-order valence-electron chi connectivity index (χ2n) is 7.88. The first-order chi connectivity index (χ1) is 13.7. The highest BCUT2D eigenvalue weighted by atomic mass is 16.2. The molecule has 0 bridgehead atoms. The molecule has 8 heteroatoms. The molecule has 0 aliphatic heterocycles. The van der Waals surface area contributed by atoms with Crippen molar-refractivity contribution in [2.24, 2.45) is 5.92 Å². The first-order valence-corrected chi connectivity index (χ1v) is 10.1. The highest BCUT2D eigenvalue weighted by Gasteiger charge is 2.29. The lowest BCUT2D eigenvalue weighted by Gasteiger charge is -2.09. The summed E-state index contributed by atoms with van der Waals surface area (Å²) in [5.41, 5.74) is 1.09. The van der Waals surface area contributed by atoms with Crippen LogP contribution in [0.25, 0.3) is 22.6 Å². The quantitative estimate of drug-likeness (QED) is 0.656. The molecule has 3 aromatic rings. The van der Waals surface area contributed by atoms with E-state index in [9.17, 15) is 9.59 Å². The van der Waals surface area contributed by atoms with Crippen molar-refractivity contribution in [1.82, 2.24) is 24.1 Å². The SMILES string of the molecule is CCCn1c(=O)n(C2CC2)c(=O)c2[nH]c(-c3ccc(NCC4CC4)nc3)nc21. The van der Waals surface area contributed by atoms with Gasteiger partial charge in [-0.05, 0) is 50.2 Å². The maximum atomic E-state index is 12.9. The van der Waals surface area contributed by atoms with Crippen LogP contribution in [0.1, 0.15) is 45.1 Å². The third kappa shape index (κ3) is 3.02. The monoisotopic (exact) mass is 380 g/mol. The Labute approximate surface area is 161 Å². The smallest absolute Gasteiger partial charge is 0.333 e. The molecule has 2 fully saturated rings. The van der Waals surface area contributed by atoms with E-state index in [1.165, 1.54) is 17.4 Å². The Morgan fingerprint density at radius 1 is 1.21 bits per heavy atom. The van der Waals surface area contributed by atoms with Gasteiger partial charge in [-0.1, -0.05) is 6.92 Å². The van der Waals surface area contributed by atoms with Gasteiger partial charge in [-0.25, -0.2) is 14.8 Å². The topological polar surface area (TPSA) is 97.6 Å². The van der Waals surface area contributed by atoms with Crippen molar-refractivity contribution in [1.29, 1.82) is 0 Å². The van der Waals surface area contributed by atoms with E-state index < -0.39 is 0 Å². The van der Waals surface area contributed by atoms with Crippen LogP contribution in [-0.4, -0.2) is 30.6 Å². The predicted molar refractivity (Wildman–Crippen MR) is 108 cm³/mol. The van der Waals surface area contributed by atoms with Crippen LogP contribution >= 0.6 is 0 Å². The molecule has 0 amide bonds. The molecule has 0 atom stereocenters. The molecule has 0 saturated heterocycles. The molecule has 8 nitrogen and oxygen atoms in total. The second kappa shape index (κ2) is 6.61. The zero-order valence-corrected chi connectivity index (χ0v) is 15.9. The minimum Gasteiger partial charge on any atom is -0.370 e. The van der Waals surface area contributed by atoms with E-state index in [-0.39, 0.29) is 17.3 Å². The Kier molecular flexibility index (Phi) is 4.07. The molecule has 2 aliphatic carbocycles. The number of imidazole rings is 1. The highest BCUT2D eigenvalue weighted by Crippen LogP contribution is 2.32.